The van der Waals surface area contributed by atoms with Crippen LogP contribution in [0.4, 0.5) is 28.4 Å². The van der Waals surface area contributed by atoms with Crippen LogP contribution >= 0.6 is 0 Å². The van der Waals surface area contributed by atoms with Gasteiger partial charge in [0.1, 0.15) is 16.9 Å². The predicted molar refractivity (Wildman–Crippen MR) is 135 cm³/mol. The van der Waals surface area contributed by atoms with Crippen molar-refractivity contribution in [3.63, 3.8) is 0 Å². The Morgan fingerprint density at radius 1 is 0.825 bits per heavy atom. The minimum absolute atomic E-state index is 0. The van der Waals surface area contributed by atoms with E-state index < -0.39 is 39.9 Å². The first-order valence-corrected chi connectivity index (χ1v) is 13.2. The minimum Gasteiger partial charge on any atom is -0.494 e. The van der Waals surface area contributed by atoms with Crippen molar-refractivity contribution in [1.29, 1.82) is 0 Å². The third-order valence-electron chi connectivity index (χ3n) is 5.29. The molecule has 0 aliphatic carbocycles. The van der Waals surface area contributed by atoms with E-state index in [0.29, 0.717) is 6.07 Å². The van der Waals surface area contributed by atoms with Crippen molar-refractivity contribution in [1.82, 2.24) is 0 Å². The molecule has 2 N–H and O–H groups in total. The predicted octanol–water partition coefficient (Wildman–Crippen LogP) is -0.384. The fraction of sp³-hybridized carbons (Fsp3) is 0.0500. The van der Waals surface area contributed by atoms with Crippen LogP contribution in [0.2, 0.25) is 0 Å². The van der Waals surface area contributed by atoms with Gasteiger partial charge in [-0.05, 0) is 36.4 Å². The van der Waals surface area contributed by atoms with E-state index in [4.69, 9.17) is 4.74 Å². The Hall–Kier alpha value is -3.85. The fourth-order valence-electron chi connectivity index (χ4n) is 3.55. The molecule has 0 fully saturated rings. The van der Waals surface area contributed by atoms with Gasteiger partial charge in [-0.1, -0.05) is 0 Å². The van der Waals surface area contributed by atoms with Crippen molar-refractivity contribution in [2.75, 3.05) is 22.4 Å². The summed E-state index contributed by atoms with van der Waals surface area (Å²) in [6.45, 7) is 0. The zero-order valence-electron chi connectivity index (χ0n) is 20.4. The molecule has 0 aromatic heterocycles. The summed E-state index contributed by atoms with van der Waals surface area (Å²) >= 11 is 0. The number of hydrazine groups is 2. The standard InChI is InChI=1S/C20H16N6O11S2.Na/c1-37-19-10-15(26(29)30)6-8-17(19)24-22(12-21-23(24)13-2-4-14(5-3-13)25(27)28)18-9-7-16(38(31,32)33)11-20(18)39(34,35)36;/h2-12H,1H3,(H,31,32,33)(H,34,35,36);/q;+1. The number of hydrogen-bond donors (Lipinski definition) is 2. The second-order valence-corrected chi connectivity index (χ2v) is 10.4. The SMILES string of the molecule is COc1cc([N+](=O)[O-])ccc1N1N(c2ccc(S(=O)(=O)O)cc2S(=O)(=O)O)C=NN1c1ccc([N+](=O)[O-])cc1.[Na+]. The number of ether oxygens (including phenoxy) is 1. The Labute approximate surface area is 247 Å². The fourth-order valence-corrected chi connectivity index (χ4v) is 4.83. The normalized spacial score (nSPS) is 13.2. The molecule has 0 atom stereocenters. The van der Waals surface area contributed by atoms with Crippen molar-refractivity contribution >= 4 is 55.0 Å². The molecule has 0 unspecified atom stereocenters. The van der Waals surface area contributed by atoms with Crippen molar-refractivity contribution < 1.29 is 70.1 Å². The van der Waals surface area contributed by atoms with E-state index in [1.165, 1.54) is 37.4 Å². The topological polar surface area (TPSA) is 226 Å². The van der Waals surface area contributed by atoms with E-state index in [1.54, 1.807) is 0 Å². The molecule has 20 heteroatoms. The summed E-state index contributed by atoms with van der Waals surface area (Å²) in [6, 6.07) is 10.8. The number of nitrogens with zero attached hydrogens (tertiary/aromatic N) is 6. The van der Waals surface area contributed by atoms with Gasteiger partial charge < -0.3 is 4.74 Å². The molecule has 3 aromatic rings. The van der Waals surface area contributed by atoms with Gasteiger partial charge in [-0.25, -0.2) is 5.01 Å². The molecule has 3 aromatic carbocycles. The Kier molecular flexibility index (Phi) is 8.69. The Morgan fingerprint density at radius 3 is 1.93 bits per heavy atom. The number of nitro groups is 2. The molecule has 0 radical (unpaired) electrons. The number of non-ortho nitro benzene ring substituents is 2. The number of methoxy groups -OCH3 is 1. The zero-order valence-corrected chi connectivity index (χ0v) is 24.1. The molecule has 17 nitrogen and oxygen atoms in total. The molecular weight excluding hydrogens is 587 g/mol. The van der Waals surface area contributed by atoms with Crippen molar-refractivity contribution in [3.05, 3.63) is 80.9 Å². The number of anilines is 3. The number of benzene rings is 3. The van der Waals surface area contributed by atoms with Crippen LogP contribution in [0, 0.1) is 20.2 Å². The monoisotopic (exact) mass is 603 g/mol. The van der Waals surface area contributed by atoms with E-state index in [9.17, 15) is 46.2 Å². The summed E-state index contributed by atoms with van der Waals surface area (Å²) in [4.78, 5) is 19.3. The van der Waals surface area contributed by atoms with Crippen LogP contribution in [0.1, 0.15) is 0 Å². The average Bonchev–Trinajstić information content (AvgIpc) is 3.31. The molecular formula is C20H16N6NaO11S2+. The van der Waals surface area contributed by atoms with E-state index in [-0.39, 0.29) is 63.7 Å². The van der Waals surface area contributed by atoms with Crippen LogP contribution < -0.4 is 49.5 Å². The first-order chi connectivity index (χ1) is 18.2. The van der Waals surface area contributed by atoms with Gasteiger partial charge in [0.15, 0.2) is 5.75 Å². The Morgan fingerprint density at radius 2 is 1.40 bits per heavy atom. The van der Waals surface area contributed by atoms with Crippen molar-refractivity contribution in [2.45, 2.75) is 9.79 Å². The second kappa shape index (κ2) is 11.3. The molecule has 1 aliphatic rings. The van der Waals surface area contributed by atoms with Crippen LogP contribution in [-0.2, 0) is 20.2 Å². The number of hydrogen-bond acceptors (Lipinski definition) is 13. The number of nitro benzene ring substituents is 2. The van der Waals surface area contributed by atoms with E-state index in [1.807, 2.05) is 0 Å². The zero-order chi connectivity index (χ0) is 28.7. The largest absolute Gasteiger partial charge is 1.00 e. The van der Waals surface area contributed by atoms with E-state index >= 15 is 0 Å². The molecule has 0 spiro atoms. The summed E-state index contributed by atoms with van der Waals surface area (Å²) in [5, 5.41) is 29.9. The summed E-state index contributed by atoms with van der Waals surface area (Å²) < 4.78 is 72.3. The molecule has 0 saturated carbocycles. The van der Waals surface area contributed by atoms with Crippen LogP contribution in [0.15, 0.2) is 75.6 Å². The Bertz CT molecular complexity index is 1730. The molecule has 0 amide bonds. The first-order valence-electron chi connectivity index (χ1n) is 10.3. The molecule has 4 rings (SSSR count). The van der Waals surface area contributed by atoms with E-state index in [2.05, 4.69) is 5.10 Å². The summed E-state index contributed by atoms with van der Waals surface area (Å²) in [5.41, 5.74) is -0.715. The first kappa shape index (κ1) is 30.7. The summed E-state index contributed by atoms with van der Waals surface area (Å²) in [7, 11) is -8.77. The average molecular weight is 604 g/mol. The molecule has 204 valence electrons. The summed E-state index contributed by atoms with van der Waals surface area (Å²) in [5.74, 6) is -0.0884. The molecule has 1 heterocycles. The molecule has 1 aliphatic heterocycles. The van der Waals surface area contributed by atoms with Gasteiger partial charge in [-0.15, -0.1) is 5.10 Å². The van der Waals surface area contributed by atoms with Crippen LogP contribution in [-0.4, -0.2) is 49.2 Å². The quantitative estimate of drug-likeness (QED) is 0.145. The smallest absolute Gasteiger partial charge is 0.494 e. The van der Waals surface area contributed by atoms with Gasteiger partial charge in [-0.2, -0.15) is 27.1 Å². The van der Waals surface area contributed by atoms with Crippen molar-refractivity contribution in [3.8, 4) is 5.75 Å². The van der Waals surface area contributed by atoms with Gasteiger partial charge >= 0.3 is 29.6 Å². The Balaban J connectivity index is 0.00000441. The van der Waals surface area contributed by atoms with Gasteiger partial charge in [-0.3, -0.25) is 29.3 Å². The van der Waals surface area contributed by atoms with Gasteiger partial charge in [0, 0.05) is 18.2 Å². The van der Waals surface area contributed by atoms with Gasteiger partial charge in [0.25, 0.3) is 31.6 Å². The number of hydrazone groups is 1. The van der Waals surface area contributed by atoms with Crippen LogP contribution in [0.3, 0.4) is 0 Å². The minimum atomic E-state index is -5.11. The molecule has 0 saturated heterocycles. The second-order valence-electron chi connectivity index (χ2n) is 7.62. The number of rotatable bonds is 8. The van der Waals surface area contributed by atoms with Crippen LogP contribution in [0.25, 0.3) is 0 Å². The maximum Gasteiger partial charge on any atom is 1.00 e. The van der Waals surface area contributed by atoms with Crippen molar-refractivity contribution in [2.24, 2.45) is 5.10 Å². The maximum atomic E-state index is 12.2. The summed E-state index contributed by atoms with van der Waals surface area (Å²) in [6.07, 6.45) is 1.05. The maximum absolute atomic E-state index is 12.2. The third kappa shape index (κ3) is 5.99. The van der Waals surface area contributed by atoms with Crippen LogP contribution in [0.5, 0.6) is 5.75 Å². The molecule has 0 bridgehead atoms. The molecule has 40 heavy (non-hydrogen) atoms. The van der Waals surface area contributed by atoms with Gasteiger partial charge in [0.05, 0.1) is 39.3 Å². The third-order valence-corrected chi connectivity index (χ3v) is 7.02. The van der Waals surface area contributed by atoms with E-state index in [0.717, 1.165) is 45.8 Å². The van der Waals surface area contributed by atoms with Gasteiger partial charge in [0.2, 0.25) is 0 Å².